The number of halogens is 1. The van der Waals surface area contributed by atoms with Crippen molar-refractivity contribution in [1.82, 2.24) is 15.4 Å². The molecule has 0 aliphatic carbocycles. The first-order valence-corrected chi connectivity index (χ1v) is 5.47. The van der Waals surface area contributed by atoms with Gasteiger partial charge in [-0.3, -0.25) is 16.3 Å². The third-order valence-electron chi connectivity index (χ3n) is 2.59. The fraction of sp³-hybridized carbons (Fsp3) is 0.167. The molecule has 1 unspecified atom stereocenters. The smallest absolute Gasteiger partial charge is 0.141 e. The number of pyridine rings is 2. The summed E-state index contributed by atoms with van der Waals surface area (Å²) in [7, 11) is 0. The van der Waals surface area contributed by atoms with Crippen LogP contribution in [0.4, 0.5) is 10.2 Å². The molecular formula is C12H14FN5. The predicted octanol–water partition coefficient (Wildman–Crippen LogP) is 0.945. The van der Waals surface area contributed by atoms with Crippen molar-refractivity contribution in [2.75, 3.05) is 5.73 Å². The summed E-state index contributed by atoms with van der Waals surface area (Å²) in [5.41, 5.74) is 9.92. The van der Waals surface area contributed by atoms with Crippen LogP contribution in [-0.4, -0.2) is 9.97 Å². The molecule has 0 spiro atoms. The first-order valence-electron chi connectivity index (χ1n) is 5.47. The van der Waals surface area contributed by atoms with Gasteiger partial charge in [0.1, 0.15) is 11.6 Å². The number of hydrogen-bond acceptors (Lipinski definition) is 5. The van der Waals surface area contributed by atoms with Gasteiger partial charge < -0.3 is 5.73 Å². The van der Waals surface area contributed by atoms with Crippen LogP contribution in [0.1, 0.15) is 17.3 Å². The molecule has 5 nitrogen and oxygen atoms in total. The molecule has 0 aliphatic heterocycles. The summed E-state index contributed by atoms with van der Waals surface area (Å²) in [6.45, 7) is 0. The molecule has 6 heteroatoms. The van der Waals surface area contributed by atoms with E-state index in [0.29, 0.717) is 17.9 Å². The van der Waals surface area contributed by atoms with Crippen molar-refractivity contribution in [3.8, 4) is 0 Å². The van der Waals surface area contributed by atoms with Gasteiger partial charge in [0.15, 0.2) is 0 Å². The summed E-state index contributed by atoms with van der Waals surface area (Å²) in [5.74, 6) is 5.58. The van der Waals surface area contributed by atoms with Crippen molar-refractivity contribution in [3.05, 3.63) is 53.7 Å². The summed E-state index contributed by atoms with van der Waals surface area (Å²) < 4.78 is 12.8. The zero-order valence-electron chi connectivity index (χ0n) is 9.68. The number of aromatic nitrogens is 2. The van der Waals surface area contributed by atoms with Crippen molar-refractivity contribution in [3.63, 3.8) is 0 Å². The van der Waals surface area contributed by atoms with E-state index in [2.05, 4.69) is 15.4 Å². The van der Waals surface area contributed by atoms with Gasteiger partial charge in [-0.25, -0.2) is 9.37 Å². The highest BCUT2D eigenvalue weighted by molar-refractivity contribution is 5.32. The van der Waals surface area contributed by atoms with Crippen LogP contribution >= 0.6 is 0 Å². The fourth-order valence-electron chi connectivity index (χ4n) is 1.70. The number of hydrazine groups is 1. The van der Waals surface area contributed by atoms with Crippen LogP contribution in [0.25, 0.3) is 0 Å². The second-order valence-corrected chi connectivity index (χ2v) is 3.91. The second kappa shape index (κ2) is 5.52. The van der Waals surface area contributed by atoms with Gasteiger partial charge in [-0.2, -0.15) is 0 Å². The Morgan fingerprint density at radius 2 is 2.11 bits per heavy atom. The van der Waals surface area contributed by atoms with E-state index >= 15 is 0 Å². The van der Waals surface area contributed by atoms with Crippen molar-refractivity contribution < 1.29 is 4.39 Å². The largest absolute Gasteiger partial charge is 0.384 e. The number of nitrogen functional groups attached to an aromatic ring is 1. The Bertz CT molecular complexity index is 514. The Kier molecular flexibility index (Phi) is 3.81. The monoisotopic (exact) mass is 247 g/mol. The van der Waals surface area contributed by atoms with E-state index in [0.717, 1.165) is 5.56 Å². The number of anilines is 1. The Morgan fingerprint density at radius 1 is 1.28 bits per heavy atom. The Labute approximate surface area is 104 Å². The summed E-state index contributed by atoms with van der Waals surface area (Å²) in [6, 6.07) is 6.38. The molecule has 0 aromatic carbocycles. The maximum atomic E-state index is 12.8. The van der Waals surface area contributed by atoms with E-state index in [9.17, 15) is 4.39 Å². The highest BCUT2D eigenvalue weighted by atomic mass is 19.1. The highest BCUT2D eigenvalue weighted by Crippen LogP contribution is 2.16. The first kappa shape index (κ1) is 12.4. The highest BCUT2D eigenvalue weighted by Gasteiger charge is 2.12. The van der Waals surface area contributed by atoms with Crippen LogP contribution in [0.3, 0.4) is 0 Å². The van der Waals surface area contributed by atoms with E-state index < -0.39 is 0 Å². The molecule has 0 fully saturated rings. The summed E-state index contributed by atoms with van der Waals surface area (Å²) >= 11 is 0. The third kappa shape index (κ3) is 2.99. The minimum Gasteiger partial charge on any atom is -0.384 e. The molecule has 0 bridgehead atoms. The summed E-state index contributed by atoms with van der Waals surface area (Å²) in [6.07, 6.45) is 3.40. The maximum Gasteiger partial charge on any atom is 0.141 e. The molecule has 2 heterocycles. The number of nitrogens with zero attached hydrogens (tertiary/aromatic N) is 2. The van der Waals surface area contributed by atoms with Crippen molar-refractivity contribution >= 4 is 5.82 Å². The standard InChI is InChI=1S/C12H14FN5/c13-9-1-2-10(17-7-9)11(18-15)5-8-3-4-16-12(14)6-8/h1-4,6-7,11,18H,5,15H2,(H2,14,16). The van der Waals surface area contributed by atoms with E-state index in [-0.39, 0.29) is 11.9 Å². The molecule has 94 valence electrons. The number of nitrogens with one attached hydrogen (secondary N) is 1. The van der Waals surface area contributed by atoms with Gasteiger partial charge >= 0.3 is 0 Å². The lowest BCUT2D eigenvalue weighted by Gasteiger charge is -2.15. The van der Waals surface area contributed by atoms with Crippen molar-refractivity contribution in [2.24, 2.45) is 5.84 Å². The van der Waals surface area contributed by atoms with Crippen LogP contribution in [0.2, 0.25) is 0 Å². The normalized spacial score (nSPS) is 12.3. The quantitative estimate of drug-likeness (QED) is 0.552. The average Bonchev–Trinajstić information content (AvgIpc) is 2.37. The fourth-order valence-corrected chi connectivity index (χ4v) is 1.70. The molecule has 2 aromatic rings. The van der Waals surface area contributed by atoms with Gasteiger partial charge in [0.05, 0.1) is 17.9 Å². The lowest BCUT2D eigenvalue weighted by atomic mass is 10.0. The third-order valence-corrected chi connectivity index (χ3v) is 2.59. The second-order valence-electron chi connectivity index (χ2n) is 3.91. The Balaban J connectivity index is 2.17. The Morgan fingerprint density at radius 3 is 2.72 bits per heavy atom. The van der Waals surface area contributed by atoms with Crippen LogP contribution in [0.5, 0.6) is 0 Å². The molecule has 0 saturated heterocycles. The van der Waals surface area contributed by atoms with E-state index in [1.807, 2.05) is 6.07 Å². The molecule has 0 aliphatic rings. The van der Waals surface area contributed by atoms with Gasteiger partial charge in [-0.15, -0.1) is 0 Å². The maximum absolute atomic E-state index is 12.8. The van der Waals surface area contributed by atoms with E-state index in [1.54, 1.807) is 18.3 Å². The van der Waals surface area contributed by atoms with Gasteiger partial charge in [0.25, 0.3) is 0 Å². The van der Waals surface area contributed by atoms with Crippen molar-refractivity contribution in [2.45, 2.75) is 12.5 Å². The van der Waals surface area contributed by atoms with Crippen LogP contribution in [0, 0.1) is 5.82 Å². The van der Waals surface area contributed by atoms with E-state index in [1.165, 1.54) is 12.3 Å². The van der Waals surface area contributed by atoms with E-state index in [4.69, 9.17) is 11.6 Å². The van der Waals surface area contributed by atoms with Crippen LogP contribution < -0.4 is 17.0 Å². The minimum atomic E-state index is -0.373. The molecule has 2 aromatic heterocycles. The molecule has 0 saturated carbocycles. The van der Waals surface area contributed by atoms with Crippen LogP contribution in [0.15, 0.2) is 36.7 Å². The molecule has 18 heavy (non-hydrogen) atoms. The van der Waals surface area contributed by atoms with Gasteiger partial charge in [-0.05, 0) is 36.2 Å². The van der Waals surface area contributed by atoms with Gasteiger partial charge in [0.2, 0.25) is 0 Å². The lowest BCUT2D eigenvalue weighted by Crippen LogP contribution is -2.30. The molecular weight excluding hydrogens is 233 g/mol. The lowest BCUT2D eigenvalue weighted by molar-refractivity contribution is 0.533. The van der Waals surface area contributed by atoms with Crippen LogP contribution in [-0.2, 0) is 6.42 Å². The molecule has 1 atom stereocenters. The summed E-state index contributed by atoms with van der Waals surface area (Å²) in [4.78, 5) is 7.92. The zero-order chi connectivity index (χ0) is 13.0. The zero-order valence-corrected chi connectivity index (χ0v) is 9.68. The number of hydrogen-bond donors (Lipinski definition) is 3. The van der Waals surface area contributed by atoms with Crippen molar-refractivity contribution in [1.29, 1.82) is 0 Å². The van der Waals surface area contributed by atoms with Gasteiger partial charge in [-0.1, -0.05) is 0 Å². The predicted molar refractivity (Wildman–Crippen MR) is 66.6 cm³/mol. The molecule has 5 N–H and O–H groups in total. The minimum absolute atomic E-state index is 0.201. The topological polar surface area (TPSA) is 89.8 Å². The summed E-state index contributed by atoms with van der Waals surface area (Å²) in [5, 5.41) is 0. The van der Waals surface area contributed by atoms with Gasteiger partial charge in [0, 0.05) is 6.20 Å². The molecule has 0 radical (unpaired) electrons. The number of rotatable bonds is 4. The SMILES string of the molecule is NNC(Cc1ccnc(N)c1)c1ccc(F)cn1. The Hall–Kier alpha value is -2.05. The molecule has 0 amide bonds. The first-order chi connectivity index (χ1) is 8.69. The number of nitrogens with two attached hydrogens (primary N) is 2. The average molecular weight is 247 g/mol. The molecule has 2 rings (SSSR count).